The Labute approximate surface area is 71.5 Å². The van der Waals surface area contributed by atoms with Gasteiger partial charge in [-0.25, -0.2) is 0 Å². The van der Waals surface area contributed by atoms with Crippen molar-refractivity contribution in [3.05, 3.63) is 0 Å². The Balaban J connectivity index is 3.53. The monoisotopic (exact) mass is 173 g/mol. The summed E-state index contributed by atoms with van der Waals surface area (Å²) in [5, 5.41) is 2.37. The van der Waals surface area contributed by atoms with Gasteiger partial charge < -0.3 is 21.6 Å². The van der Waals surface area contributed by atoms with Crippen molar-refractivity contribution >= 4 is 12.2 Å². The average molecular weight is 173 g/mol. The number of carbonyl (C=O) groups excluding carboxylic acids is 2. The SMILES string of the molecule is NCCC[C@@H](N)C(=O)NCC=O. The summed E-state index contributed by atoms with van der Waals surface area (Å²) < 4.78 is 0. The van der Waals surface area contributed by atoms with E-state index in [9.17, 15) is 9.59 Å². The molecular formula is C7H15N3O2. The fraction of sp³-hybridized carbons (Fsp3) is 0.714. The third-order valence-electron chi connectivity index (χ3n) is 1.42. The van der Waals surface area contributed by atoms with Crippen LogP contribution in [0.15, 0.2) is 0 Å². The van der Waals surface area contributed by atoms with E-state index in [-0.39, 0.29) is 12.5 Å². The van der Waals surface area contributed by atoms with Crippen LogP contribution in [0, 0.1) is 0 Å². The van der Waals surface area contributed by atoms with Crippen molar-refractivity contribution in [1.29, 1.82) is 0 Å². The van der Waals surface area contributed by atoms with Crippen molar-refractivity contribution in [2.45, 2.75) is 18.9 Å². The van der Waals surface area contributed by atoms with Crippen LogP contribution in [-0.2, 0) is 9.59 Å². The number of carbonyl (C=O) groups is 2. The molecular weight excluding hydrogens is 158 g/mol. The molecule has 0 aliphatic carbocycles. The normalized spacial score (nSPS) is 12.2. The van der Waals surface area contributed by atoms with Gasteiger partial charge in [-0.05, 0) is 19.4 Å². The van der Waals surface area contributed by atoms with E-state index in [2.05, 4.69) is 5.32 Å². The Morgan fingerprint density at radius 3 is 2.75 bits per heavy atom. The molecule has 0 spiro atoms. The highest BCUT2D eigenvalue weighted by atomic mass is 16.2. The predicted molar refractivity (Wildman–Crippen MR) is 45.3 cm³/mol. The first-order valence-electron chi connectivity index (χ1n) is 3.89. The Hall–Kier alpha value is -0.940. The second kappa shape index (κ2) is 6.75. The topological polar surface area (TPSA) is 98.2 Å². The summed E-state index contributed by atoms with van der Waals surface area (Å²) in [5.41, 5.74) is 10.7. The summed E-state index contributed by atoms with van der Waals surface area (Å²) in [5.74, 6) is -0.296. The van der Waals surface area contributed by atoms with Crippen LogP contribution < -0.4 is 16.8 Å². The lowest BCUT2D eigenvalue weighted by Gasteiger charge is -2.09. The fourth-order valence-electron chi connectivity index (χ4n) is 0.742. The highest BCUT2D eigenvalue weighted by molar-refractivity contribution is 5.83. The summed E-state index contributed by atoms with van der Waals surface area (Å²) in [6.45, 7) is 0.545. The molecule has 0 saturated heterocycles. The first kappa shape index (κ1) is 11.1. The fourth-order valence-corrected chi connectivity index (χ4v) is 0.742. The van der Waals surface area contributed by atoms with Crippen LogP contribution in [0.1, 0.15) is 12.8 Å². The molecule has 0 aliphatic rings. The number of hydrogen-bond donors (Lipinski definition) is 3. The van der Waals surface area contributed by atoms with Crippen LogP contribution in [-0.4, -0.2) is 31.3 Å². The first-order valence-corrected chi connectivity index (χ1v) is 3.89. The maximum Gasteiger partial charge on any atom is 0.237 e. The van der Waals surface area contributed by atoms with Gasteiger partial charge in [-0.15, -0.1) is 0 Å². The molecule has 0 rings (SSSR count). The zero-order chi connectivity index (χ0) is 9.40. The molecule has 0 fully saturated rings. The van der Waals surface area contributed by atoms with Gasteiger partial charge in [0.1, 0.15) is 6.29 Å². The number of nitrogens with two attached hydrogens (primary N) is 2. The highest BCUT2D eigenvalue weighted by Gasteiger charge is 2.10. The van der Waals surface area contributed by atoms with Crippen LogP contribution in [0.3, 0.4) is 0 Å². The maximum absolute atomic E-state index is 11.0. The van der Waals surface area contributed by atoms with Gasteiger partial charge in [0.2, 0.25) is 5.91 Å². The zero-order valence-electron chi connectivity index (χ0n) is 6.95. The summed E-state index contributed by atoms with van der Waals surface area (Å²) in [7, 11) is 0. The second-order valence-electron chi connectivity index (χ2n) is 2.45. The third kappa shape index (κ3) is 4.81. The maximum atomic E-state index is 11.0. The lowest BCUT2D eigenvalue weighted by atomic mass is 10.1. The molecule has 5 N–H and O–H groups in total. The molecule has 70 valence electrons. The van der Waals surface area contributed by atoms with Crippen molar-refractivity contribution in [3.63, 3.8) is 0 Å². The zero-order valence-corrected chi connectivity index (χ0v) is 6.95. The molecule has 0 aromatic carbocycles. The standard InChI is InChI=1S/C7H15N3O2/c8-3-1-2-6(9)7(12)10-4-5-11/h5-6H,1-4,8-9H2,(H,10,12)/t6-/m1/s1. The Morgan fingerprint density at radius 2 is 2.25 bits per heavy atom. The van der Waals surface area contributed by atoms with E-state index in [1.54, 1.807) is 0 Å². The summed E-state index contributed by atoms with van der Waals surface area (Å²) >= 11 is 0. The number of nitrogens with one attached hydrogen (secondary N) is 1. The molecule has 5 nitrogen and oxygen atoms in total. The van der Waals surface area contributed by atoms with Crippen LogP contribution >= 0.6 is 0 Å². The molecule has 0 heterocycles. The van der Waals surface area contributed by atoms with Crippen LogP contribution in [0.4, 0.5) is 0 Å². The van der Waals surface area contributed by atoms with E-state index in [0.717, 1.165) is 6.42 Å². The quantitative estimate of drug-likeness (QED) is 0.420. The molecule has 1 amide bonds. The number of hydrogen-bond acceptors (Lipinski definition) is 4. The van der Waals surface area contributed by atoms with Gasteiger partial charge in [0.05, 0.1) is 12.6 Å². The highest BCUT2D eigenvalue weighted by Crippen LogP contribution is 1.91. The van der Waals surface area contributed by atoms with E-state index in [0.29, 0.717) is 19.3 Å². The summed E-state index contributed by atoms with van der Waals surface area (Å²) in [6.07, 6.45) is 1.89. The van der Waals surface area contributed by atoms with Gasteiger partial charge >= 0.3 is 0 Å². The number of aldehydes is 1. The molecule has 0 unspecified atom stereocenters. The van der Waals surface area contributed by atoms with Gasteiger partial charge in [-0.1, -0.05) is 0 Å². The van der Waals surface area contributed by atoms with Gasteiger partial charge in [0.25, 0.3) is 0 Å². The average Bonchev–Trinajstić information content (AvgIpc) is 2.10. The predicted octanol–water partition coefficient (Wildman–Crippen LogP) is -1.63. The smallest absolute Gasteiger partial charge is 0.237 e. The molecule has 1 atom stereocenters. The molecule has 0 saturated carbocycles. The molecule has 0 aromatic rings. The number of amides is 1. The van der Waals surface area contributed by atoms with E-state index >= 15 is 0 Å². The van der Waals surface area contributed by atoms with Crippen LogP contribution in [0.25, 0.3) is 0 Å². The lowest BCUT2D eigenvalue weighted by molar-refractivity contribution is -0.123. The Kier molecular flexibility index (Phi) is 6.22. The van der Waals surface area contributed by atoms with E-state index in [1.807, 2.05) is 0 Å². The van der Waals surface area contributed by atoms with Gasteiger partial charge in [-0.2, -0.15) is 0 Å². The minimum Gasteiger partial charge on any atom is -0.348 e. The Morgan fingerprint density at radius 1 is 1.58 bits per heavy atom. The molecule has 5 heteroatoms. The minimum atomic E-state index is -0.548. The summed E-state index contributed by atoms with van der Waals surface area (Å²) in [4.78, 5) is 20.8. The van der Waals surface area contributed by atoms with Gasteiger partial charge in [0, 0.05) is 0 Å². The molecule has 0 aliphatic heterocycles. The molecule has 0 aromatic heterocycles. The third-order valence-corrected chi connectivity index (χ3v) is 1.42. The molecule has 0 bridgehead atoms. The van der Waals surface area contributed by atoms with Crippen molar-refractivity contribution in [3.8, 4) is 0 Å². The minimum absolute atomic E-state index is 0.0230. The first-order chi connectivity index (χ1) is 5.72. The Bertz CT molecular complexity index is 150. The van der Waals surface area contributed by atoms with E-state index in [4.69, 9.17) is 11.5 Å². The van der Waals surface area contributed by atoms with Crippen molar-refractivity contribution in [2.24, 2.45) is 11.5 Å². The van der Waals surface area contributed by atoms with Crippen molar-refractivity contribution in [2.75, 3.05) is 13.1 Å². The van der Waals surface area contributed by atoms with Crippen LogP contribution in [0.2, 0.25) is 0 Å². The van der Waals surface area contributed by atoms with Crippen molar-refractivity contribution in [1.82, 2.24) is 5.32 Å². The summed E-state index contributed by atoms with van der Waals surface area (Å²) in [6, 6.07) is -0.548. The second-order valence-corrected chi connectivity index (χ2v) is 2.45. The van der Waals surface area contributed by atoms with E-state index in [1.165, 1.54) is 0 Å². The van der Waals surface area contributed by atoms with E-state index < -0.39 is 6.04 Å². The largest absolute Gasteiger partial charge is 0.348 e. The molecule has 12 heavy (non-hydrogen) atoms. The van der Waals surface area contributed by atoms with Gasteiger partial charge in [-0.3, -0.25) is 4.79 Å². The lowest BCUT2D eigenvalue weighted by Crippen LogP contribution is -2.41. The van der Waals surface area contributed by atoms with Crippen molar-refractivity contribution < 1.29 is 9.59 Å². The van der Waals surface area contributed by atoms with Gasteiger partial charge in [0.15, 0.2) is 0 Å². The van der Waals surface area contributed by atoms with Crippen LogP contribution in [0.5, 0.6) is 0 Å². The number of rotatable bonds is 6. The molecule has 0 radical (unpaired) electrons.